The Labute approximate surface area is 110 Å². The molecule has 1 aromatic heterocycles. The normalized spacial score (nSPS) is 26.0. The number of fused-ring (bicyclic) bond motifs is 1. The van der Waals surface area contributed by atoms with Gasteiger partial charge in [-0.3, -0.25) is 19.6 Å². The molecular weight excluding hydrogens is 244 g/mol. The van der Waals surface area contributed by atoms with Crippen molar-refractivity contribution >= 4 is 11.8 Å². The third-order valence-electron chi connectivity index (χ3n) is 3.86. The minimum Gasteiger partial charge on any atom is -0.282 e. The van der Waals surface area contributed by atoms with E-state index in [-0.39, 0.29) is 23.7 Å². The molecule has 100 valence electrons. The van der Waals surface area contributed by atoms with Crippen LogP contribution in [0, 0.1) is 11.8 Å². The maximum absolute atomic E-state index is 12.2. The molecule has 1 aliphatic heterocycles. The van der Waals surface area contributed by atoms with E-state index in [1.807, 2.05) is 12.2 Å². The van der Waals surface area contributed by atoms with Crippen molar-refractivity contribution in [1.82, 2.24) is 20.1 Å². The van der Waals surface area contributed by atoms with Gasteiger partial charge in [-0.05, 0) is 19.3 Å². The van der Waals surface area contributed by atoms with Gasteiger partial charge in [0.1, 0.15) is 12.2 Å². The van der Waals surface area contributed by atoms with Gasteiger partial charge in [0.05, 0.1) is 11.8 Å². The molecule has 1 fully saturated rings. The molecule has 2 unspecified atom stereocenters. The third kappa shape index (κ3) is 2.18. The van der Waals surface area contributed by atoms with E-state index < -0.39 is 0 Å². The Kier molecular flexibility index (Phi) is 3.15. The van der Waals surface area contributed by atoms with Gasteiger partial charge in [0, 0.05) is 13.0 Å². The Morgan fingerprint density at radius 1 is 1.21 bits per heavy atom. The quantitative estimate of drug-likeness (QED) is 0.638. The largest absolute Gasteiger partial charge is 0.282 e. The highest BCUT2D eigenvalue weighted by Crippen LogP contribution is 2.34. The molecule has 2 amide bonds. The predicted octanol–water partition coefficient (Wildman–Crippen LogP) is 0.688. The van der Waals surface area contributed by atoms with Gasteiger partial charge in [-0.25, -0.2) is 4.98 Å². The van der Waals surface area contributed by atoms with Gasteiger partial charge in [-0.1, -0.05) is 12.2 Å². The second kappa shape index (κ2) is 4.95. The van der Waals surface area contributed by atoms with Gasteiger partial charge < -0.3 is 0 Å². The lowest BCUT2D eigenvalue weighted by Gasteiger charge is -2.14. The molecule has 2 aliphatic rings. The summed E-state index contributed by atoms with van der Waals surface area (Å²) in [5, 5.41) is 6.54. The first-order valence-electron chi connectivity index (χ1n) is 6.62. The standard InChI is InChI=1S/C13H16N4O2/c18-12-9-4-1-2-5-10(9)13(19)17(12)7-3-6-11-14-8-15-16-11/h1-2,8-10H,3-7H2,(H,14,15,16). The van der Waals surface area contributed by atoms with E-state index in [0.29, 0.717) is 25.8 Å². The van der Waals surface area contributed by atoms with Crippen molar-refractivity contribution in [3.8, 4) is 0 Å². The van der Waals surface area contributed by atoms with E-state index in [1.165, 1.54) is 11.2 Å². The van der Waals surface area contributed by atoms with E-state index in [1.54, 1.807) is 0 Å². The van der Waals surface area contributed by atoms with Crippen LogP contribution in [0.4, 0.5) is 0 Å². The fraction of sp³-hybridized carbons (Fsp3) is 0.538. The monoisotopic (exact) mass is 260 g/mol. The Morgan fingerprint density at radius 2 is 1.89 bits per heavy atom. The number of imide groups is 1. The van der Waals surface area contributed by atoms with Crippen LogP contribution in [0.2, 0.25) is 0 Å². The number of aromatic amines is 1. The summed E-state index contributed by atoms with van der Waals surface area (Å²) in [5.41, 5.74) is 0. The second-order valence-electron chi connectivity index (χ2n) is 5.02. The summed E-state index contributed by atoms with van der Waals surface area (Å²) in [6.45, 7) is 0.478. The van der Waals surface area contributed by atoms with Crippen molar-refractivity contribution in [1.29, 1.82) is 0 Å². The molecular formula is C13H16N4O2. The summed E-state index contributed by atoms with van der Waals surface area (Å²) in [5.74, 6) is 0.539. The summed E-state index contributed by atoms with van der Waals surface area (Å²) in [4.78, 5) is 29.8. The maximum Gasteiger partial charge on any atom is 0.233 e. The van der Waals surface area contributed by atoms with Crippen LogP contribution < -0.4 is 0 Å². The lowest BCUT2D eigenvalue weighted by molar-refractivity contribution is -0.139. The molecule has 1 aliphatic carbocycles. The number of allylic oxidation sites excluding steroid dienone is 2. The van der Waals surface area contributed by atoms with Crippen molar-refractivity contribution in [3.63, 3.8) is 0 Å². The Bertz CT molecular complexity index is 483. The van der Waals surface area contributed by atoms with Crippen molar-refractivity contribution in [2.24, 2.45) is 11.8 Å². The molecule has 2 atom stereocenters. The van der Waals surface area contributed by atoms with E-state index in [2.05, 4.69) is 15.2 Å². The molecule has 0 bridgehead atoms. The topological polar surface area (TPSA) is 79.0 Å². The number of aromatic nitrogens is 3. The van der Waals surface area contributed by atoms with Crippen molar-refractivity contribution in [2.75, 3.05) is 6.54 Å². The van der Waals surface area contributed by atoms with Crippen LogP contribution >= 0.6 is 0 Å². The summed E-state index contributed by atoms with van der Waals surface area (Å²) in [6.07, 6.45) is 8.29. The molecule has 19 heavy (non-hydrogen) atoms. The maximum atomic E-state index is 12.2. The first-order valence-corrected chi connectivity index (χ1v) is 6.62. The fourth-order valence-corrected chi connectivity index (χ4v) is 2.85. The van der Waals surface area contributed by atoms with Gasteiger partial charge in [0.2, 0.25) is 11.8 Å². The number of amides is 2. The van der Waals surface area contributed by atoms with Gasteiger partial charge in [0.25, 0.3) is 0 Å². The lowest BCUT2D eigenvalue weighted by Crippen LogP contribution is -2.32. The zero-order valence-corrected chi connectivity index (χ0v) is 10.6. The molecule has 1 aromatic rings. The number of nitrogens with zero attached hydrogens (tertiary/aromatic N) is 3. The third-order valence-corrected chi connectivity index (χ3v) is 3.86. The number of nitrogens with one attached hydrogen (secondary N) is 1. The highest BCUT2D eigenvalue weighted by Gasteiger charge is 2.46. The van der Waals surface area contributed by atoms with E-state index >= 15 is 0 Å². The molecule has 0 spiro atoms. The van der Waals surface area contributed by atoms with Crippen LogP contribution in [0.15, 0.2) is 18.5 Å². The predicted molar refractivity (Wildman–Crippen MR) is 66.8 cm³/mol. The van der Waals surface area contributed by atoms with Crippen LogP contribution in [-0.2, 0) is 16.0 Å². The average molecular weight is 260 g/mol. The van der Waals surface area contributed by atoms with Gasteiger partial charge in [0.15, 0.2) is 0 Å². The summed E-state index contributed by atoms with van der Waals surface area (Å²) < 4.78 is 0. The van der Waals surface area contributed by atoms with Crippen molar-refractivity contribution < 1.29 is 9.59 Å². The van der Waals surface area contributed by atoms with Crippen LogP contribution in [-0.4, -0.2) is 38.4 Å². The van der Waals surface area contributed by atoms with Crippen LogP contribution in [0.25, 0.3) is 0 Å². The first-order chi connectivity index (χ1) is 9.27. The first kappa shape index (κ1) is 12.1. The van der Waals surface area contributed by atoms with Gasteiger partial charge in [-0.15, -0.1) is 0 Å². The smallest absolute Gasteiger partial charge is 0.233 e. The zero-order chi connectivity index (χ0) is 13.2. The number of aryl methyl sites for hydroxylation is 1. The molecule has 6 nitrogen and oxygen atoms in total. The number of hydrogen-bond donors (Lipinski definition) is 1. The molecule has 1 saturated heterocycles. The molecule has 1 N–H and O–H groups in total. The number of carbonyl (C=O) groups is 2. The molecule has 0 radical (unpaired) electrons. The molecule has 0 saturated carbocycles. The summed E-state index contributed by atoms with van der Waals surface area (Å²) in [6, 6.07) is 0. The van der Waals surface area contributed by atoms with Gasteiger partial charge in [-0.2, -0.15) is 5.10 Å². The van der Waals surface area contributed by atoms with Crippen molar-refractivity contribution in [2.45, 2.75) is 25.7 Å². The molecule has 0 aromatic carbocycles. The lowest BCUT2D eigenvalue weighted by atomic mass is 9.85. The minimum absolute atomic E-state index is 0.00285. The number of carbonyl (C=O) groups excluding carboxylic acids is 2. The second-order valence-corrected chi connectivity index (χ2v) is 5.02. The Balaban J connectivity index is 1.59. The van der Waals surface area contributed by atoms with Crippen molar-refractivity contribution in [3.05, 3.63) is 24.3 Å². The van der Waals surface area contributed by atoms with Crippen LogP contribution in [0.3, 0.4) is 0 Å². The number of rotatable bonds is 4. The molecule has 6 heteroatoms. The van der Waals surface area contributed by atoms with Crippen LogP contribution in [0.1, 0.15) is 25.1 Å². The minimum atomic E-state index is -0.122. The highest BCUT2D eigenvalue weighted by molar-refractivity contribution is 6.05. The number of H-pyrrole nitrogens is 1. The van der Waals surface area contributed by atoms with E-state index in [4.69, 9.17) is 0 Å². The number of likely N-dealkylation sites (tertiary alicyclic amines) is 1. The number of hydrogen-bond acceptors (Lipinski definition) is 4. The molecule has 2 heterocycles. The summed E-state index contributed by atoms with van der Waals surface area (Å²) in [7, 11) is 0. The highest BCUT2D eigenvalue weighted by atomic mass is 16.2. The van der Waals surface area contributed by atoms with Gasteiger partial charge >= 0.3 is 0 Å². The fourth-order valence-electron chi connectivity index (χ4n) is 2.85. The Morgan fingerprint density at radius 3 is 2.47 bits per heavy atom. The molecule has 3 rings (SSSR count). The van der Waals surface area contributed by atoms with E-state index in [9.17, 15) is 9.59 Å². The zero-order valence-electron chi connectivity index (χ0n) is 10.6. The Hall–Kier alpha value is -1.98. The average Bonchev–Trinajstić information content (AvgIpc) is 3.02. The SMILES string of the molecule is O=C1C2CC=CCC2C(=O)N1CCCc1ncn[nH]1. The summed E-state index contributed by atoms with van der Waals surface area (Å²) >= 11 is 0. The van der Waals surface area contributed by atoms with E-state index in [0.717, 1.165) is 12.2 Å². The van der Waals surface area contributed by atoms with Crippen LogP contribution in [0.5, 0.6) is 0 Å².